The molecule has 1 saturated heterocycles. The third-order valence-corrected chi connectivity index (χ3v) is 4.38. The van der Waals surface area contributed by atoms with E-state index in [1.54, 1.807) is 29.4 Å². The Morgan fingerprint density at radius 1 is 1.35 bits per heavy atom. The Labute approximate surface area is 152 Å². The van der Waals surface area contributed by atoms with Crippen LogP contribution in [0.2, 0.25) is 0 Å². The van der Waals surface area contributed by atoms with Gasteiger partial charge in [-0.2, -0.15) is 0 Å². The predicted molar refractivity (Wildman–Crippen MR) is 96.9 cm³/mol. The van der Waals surface area contributed by atoms with Crippen molar-refractivity contribution in [3.05, 3.63) is 48.0 Å². The van der Waals surface area contributed by atoms with Crippen LogP contribution < -0.4 is 9.64 Å². The average molecular weight is 358 g/mol. The van der Waals surface area contributed by atoms with Gasteiger partial charge < -0.3 is 14.5 Å². The predicted octanol–water partition coefficient (Wildman–Crippen LogP) is 2.76. The minimum absolute atomic E-state index is 0.0935. The lowest BCUT2D eigenvalue weighted by atomic mass is 10.2. The van der Waals surface area contributed by atoms with Crippen molar-refractivity contribution >= 4 is 11.7 Å². The van der Waals surface area contributed by atoms with Gasteiger partial charge in [0.25, 0.3) is 11.8 Å². The summed E-state index contributed by atoms with van der Waals surface area (Å²) in [5.41, 5.74) is 0.0935. The van der Waals surface area contributed by atoms with E-state index < -0.39 is 5.82 Å². The van der Waals surface area contributed by atoms with Crippen molar-refractivity contribution in [1.29, 1.82) is 0 Å². The van der Waals surface area contributed by atoms with Gasteiger partial charge in [0.15, 0.2) is 5.82 Å². The smallest absolute Gasteiger partial charge is 0.257 e. The first-order valence-corrected chi connectivity index (χ1v) is 8.82. The van der Waals surface area contributed by atoms with E-state index in [0.29, 0.717) is 31.2 Å². The molecule has 26 heavy (non-hydrogen) atoms. The van der Waals surface area contributed by atoms with E-state index in [-0.39, 0.29) is 17.6 Å². The molecule has 2 aromatic rings. The summed E-state index contributed by atoms with van der Waals surface area (Å²) in [5.74, 6) is 0.345. The molecular weight excluding hydrogens is 335 g/mol. The molecular formula is C19H23FN4O2. The largest absolute Gasteiger partial charge is 0.470 e. The second-order valence-electron chi connectivity index (χ2n) is 6.37. The number of rotatable bonds is 6. The summed E-state index contributed by atoms with van der Waals surface area (Å²) in [4.78, 5) is 24.8. The van der Waals surface area contributed by atoms with Crippen LogP contribution in [0.4, 0.5) is 10.2 Å². The summed E-state index contributed by atoms with van der Waals surface area (Å²) in [5, 5.41) is 0. The standard InChI is InChI=1S/C19H23FN4O2/c1-3-11-23(2)17-18(22-10-9-21-17)26-14-8-12-24(13-14)19(25)15-6-4-5-7-16(15)20/h4-7,9-10,14H,3,8,11-13H2,1-2H3. The van der Waals surface area contributed by atoms with Crippen molar-refractivity contribution in [2.45, 2.75) is 25.9 Å². The maximum atomic E-state index is 13.8. The first-order valence-electron chi connectivity index (χ1n) is 8.82. The molecule has 0 saturated carbocycles. The van der Waals surface area contributed by atoms with Gasteiger partial charge in [-0.05, 0) is 18.6 Å². The first kappa shape index (κ1) is 18.1. The first-order chi connectivity index (χ1) is 12.6. The molecule has 0 spiro atoms. The number of halogens is 1. The third kappa shape index (κ3) is 3.92. The second-order valence-corrected chi connectivity index (χ2v) is 6.37. The van der Waals surface area contributed by atoms with E-state index in [9.17, 15) is 9.18 Å². The van der Waals surface area contributed by atoms with Gasteiger partial charge in [0.2, 0.25) is 0 Å². The summed E-state index contributed by atoms with van der Waals surface area (Å²) in [6.45, 7) is 3.87. The minimum Gasteiger partial charge on any atom is -0.470 e. The zero-order valence-corrected chi connectivity index (χ0v) is 15.1. The molecule has 1 aromatic carbocycles. The van der Waals surface area contributed by atoms with Gasteiger partial charge in [0.05, 0.1) is 12.1 Å². The molecule has 0 aliphatic carbocycles. The molecule has 138 valence electrons. The van der Waals surface area contributed by atoms with Crippen molar-refractivity contribution in [3.63, 3.8) is 0 Å². The highest BCUT2D eigenvalue weighted by Gasteiger charge is 2.30. The Morgan fingerprint density at radius 3 is 2.88 bits per heavy atom. The molecule has 1 aliphatic rings. The van der Waals surface area contributed by atoms with Crippen molar-refractivity contribution in [2.24, 2.45) is 0 Å². The molecule has 1 aromatic heterocycles. The highest BCUT2D eigenvalue weighted by atomic mass is 19.1. The maximum Gasteiger partial charge on any atom is 0.257 e. The van der Waals surface area contributed by atoms with Gasteiger partial charge in [-0.15, -0.1) is 0 Å². The SMILES string of the molecule is CCCN(C)c1nccnc1OC1CCN(C(=O)c2ccccc2F)C1. The average Bonchev–Trinajstić information content (AvgIpc) is 3.11. The maximum absolute atomic E-state index is 13.8. The molecule has 7 heteroatoms. The summed E-state index contributed by atoms with van der Waals surface area (Å²) < 4.78 is 19.9. The van der Waals surface area contributed by atoms with E-state index in [1.807, 2.05) is 11.9 Å². The van der Waals surface area contributed by atoms with Gasteiger partial charge in [0, 0.05) is 39.0 Å². The van der Waals surface area contributed by atoms with Crippen LogP contribution in [0.1, 0.15) is 30.1 Å². The molecule has 0 N–H and O–H groups in total. The number of anilines is 1. The minimum atomic E-state index is -0.501. The molecule has 0 bridgehead atoms. The number of likely N-dealkylation sites (tertiary alicyclic amines) is 1. The molecule has 1 atom stereocenters. The van der Waals surface area contributed by atoms with Crippen LogP contribution in [-0.2, 0) is 0 Å². The lowest BCUT2D eigenvalue weighted by Gasteiger charge is -2.21. The fourth-order valence-corrected chi connectivity index (χ4v) is 3.08. The van der Waals surface area contributed by atoms with Gasteiger partial charge >= 0.3 is 0 Å². The number of benzene rings is 1. The van der Waals surface area contributed by atoms with Crippen molar-refractivity contribution < 1.29 is 13.9 Å². The molecule has 1 amide bonds. The highest BCUT2D eigenvalue weighted by Crippen LogP contribution is 2.25. The van der Waals surface area contributed by atoms with Crippen LogP contribution in [0.3, 0.4) is 0 Å². The molecule has 2 heterocycles. The van der Waals surface area contributed by atoms with Crippen LogP contribution in [0, 0.1) is 5.82 Å². The molecule has 0 radical (unpaired) electrons. The van der Waals surface area contributed by atoms with Crippen LogP contribution >= 0.6 is 0 Å². The van der Waals surface area contributed by atoms with Gasteiger partial charge in [0.1, 0.15) is 11.9 Å². The van der Waals surface area contributed by atoms with Crippen LogP contribution in [-0.4, -0.2) is 53.6 Å². The Kier molecular flexibility index (Phi) is 5.65. The zero-order chi connectivity index (χ0) is 18.5. The monoisotopic (exact) mass is 358 g/mol. The molecule has 1 fully saturated rings. The number of ether oxygens (including phenoxy) is 1. The van der Waals surface area contributed by atoms with E-state index >= 15 is 0 Å². The fraction of sp³-hybridized carbons (Fsp3) is 0.421. The normalized spacial score (nSPS) is 16.6. The topological polar surface area (TPSA) is 58.6 Å². The van der Waals surface area contributed by atoms with Gasteiger partial charge in [-0.25, -0.2) is 14.4 Å². The molecule has 3 rings (SSSR count). The number of carbonyl (C=O) groups excluding carboxylic acids is 1. The molecule has 6 nitrogen and oxygen atoms in total. The van der Waals surface area contributed by atoms with E-state index in [1.165, 1.54) is 12.1 Å². The summed E-state index contributed by atoms with van der Waals surface area (Å²) in [7, 11) is 1.95. The lowest BCUT2D eigenvalue weighted by Crippen LogP contribution is -2.32. The summed E-state index contributed by atoms with van der Waals surface area (Å²) in [6, 6.07) is 6.04. The zero-order valence-electron chi connectivity index (χ0n) is 15.1. The number of carbonyl (C=O) groups is 1. The Balaban J connectivity index is 1.67. The van der Waals surface area contributed by atoms with Crippen LogP contribution in [0.5, 0.6) is 5.88 Å². The van der Waals surface area contributed by atoms with Crippen molar-refractivity contribution in [1.82, 2.24) is 14.9 Å². The third-order valence-electron chi connectivity index (χ3n) is 4.38. The number of aromatic nitrogens is 2. The van der Waals surface area contributed by atoms with Crippen molar-refractivity contribution in [2.75, 3.05) is 31.6 Å². The number of amides is 1. The lowest BCUT2D eigenvalue weighted by molar-refractivity contribution is 0.0766. The number of nitrogens with zero attached hydrogens (tertiary/aromatic N) is 4. The molecule has 1 unspecified atom stereocenters. The second kappa shape index (κ2) is 8.12. The number of hydrogen-bond donors (Lipinski definition) is 0. The Bertz CT molecular complexity index is 771. The summed E-state index contributed by atoms with van der Waals surface area (Å²) in [6.07, 6.45) is 4.71. The Morgan fingerprint density at radius 2 is 2.12 bits per heavy atom. The van der Waals surface area contributed by atoms with E-state index in [2.05, 4.69) is 16.9 Å². The quantitative estimate of drug-likeness (QED) is 0.795. The number of hydrogen-bond acceptors (Lipinski definition) is 5. The van der Waals surface area contributed by atoms with Gasteiger partial charge in [-0.1, -0.05) is 19.1 Å². The van der Waals surface area contributed by atoms with E-state index in [4.69, 9.17) is 4.74 Å². The van der Waals surface area contributed by atoms with Crippen LogP contribution in [0.15, 0.2) is 36.7 Å². The molecule has 1 aliphatic heterocycles. The summed E-state index contributed by atoms with van der Waals surface area (Å²) >= 11 is 0. The van der Waals surface area contributed by atoms with Crippen molar-refractivity contribution in [3.8, 4) is 5.88 Å². The Hall–Kier alpha value is -2.70. The van der Waals surface area contributed by atoms with E-state index in [0.717, 1.165) is 13.0 Å². The fourth-order valence-electron chi connectivity index (χ4n) is 3.08. The highest BCUT2D eigenvalue weighted by molar-refractivity contribution is 5.94. The van der Waals surface area contributed by atoms with Crippen LogP contribution in [0.25, 0.3) is 0 Å². The van der Waals surface area contributed by atoms with Gasteiger partial charge in [-0.3, -0.25) is 4.79 Å².